The molecule has 1 amide bonds. The lowest BCUT2D eigenvalue weighted by atomic mass is 10.1. The highest BCUT2D eigenvalue weighted by molar-refractivity contribution is 6.45. The molecule has 0 aliphatic heterocycles. The SMILES string of the molecule is CNC(=O)/C(=N/OC)c1ccccc1Oc1nc(/C(C)=N\OC)nc(C)c1C. The zero-order valence-electron chi connectivity index (χ0n) is 16.7. The van der Waals surface area contributed by atoms with Gasteiger partial charge in [0.2, 0.25) is 5.88 Å². The molecule has 28 heavy (non-hydrogen) atoms. The number of oxime groups is 2. The largest absolute Gasteiger partial charge is 0.438 e. The molecule has 9 nitrogen and oxygen atoms in total. The van der Waals surface area contributed by atoms with Gasteiger partial charge in [-0.25, -0.2) is 4.98 Å². The number of hydrogen-bond donors (Lipinski definition) is 1. The molecule has 0 aliphatic carbocycles. The summed E-state index contributed by atoms with van der Waals surface area (Å²) >= 11 is 0. The van der Waals surface area contributed by atoms with Gasteiger partial charge in [0.25, 0.3) is 5.91 Å². The van der Waals surface area contributed by atoms with E-state index in [-0.39, 0.29) is 5.71 Å². The maximum Gasteiger partial charge on any atom is 0.273 e. The Morgan fingerprint density at radius 3 is 2.39 bits per heavy atom. The van der Waals surface area contributed by atoms with E-state index in [1.807, 2.05) is 13.8 Å². The van der Waals surface area contributed by atoms with Gasteiger partial charge >= 0.3 is 0 Å². The van der Waals surface area contributed by atoms with Gasteiger partial charge in [-0.2, -0.15) is 4.98 Å². The van der Waals surface area contributed by atoms with Crippen molar-refractivity contribution in [1.82, 2.24) is 15.3 Å². The average molecular weight is 385 g/mol. The predicted molar refractivity (Wildman–Crippen MR) is 105 cm³/mol. The van der Waals surface area contributed by atoms with Crippen LogP contribution in [0.4, 0.5) is 0 Å². The molecule has 0 fully saturated rings. The van der Waals surface area contributed by atoms with E-state index in [2.05, 4.69) is 25.6 Å². The van der Waals surface area contributed by atoms with Crippen LogP contribution in [0, 0.1) is 13.8 Å². The highest BCUT2D eigenvalue weighted by Gasteiger charge is 2.20. The molecule has 148 valence electrons. The third-order valence-corrected chi connectivity index (χ3v) is 3.87. The molecule has 2 rings (SSSR count). The smallest absolute Gasteiger partial charge is 0.273 e. The lowest BCUT2D eigenvalue weighted by Gasteiger charge is -2.14. The number of aromatic nitrogens is 2. The van der Waals surface area contributed by atoms with Crippen LogP contribution >= 0.6 is 0 Å². The monoisotopic (exact) mass is 385 g/mol. The van der Waals surface area contributed by atoms with Gasteiger partial charge < -0.3 is 19.7 Å². The van der Waals surface area contributed by atoms with Crippen LogP contribution in [0.5, 0.6) is 11.6 Å². The number of carbonyl (C=O) groups excluding carboxylic acids is 1. The molecule has 9 heteroatoms. The molecular weight excluding hydrogens is 362 g/mol. The van der Waals surface area contributed by atoms with Crippen LogP contribution in [0.25, 0.3) is 0 Å². The van der Waals surface area contributed by atoms with Crippen molar-refractivity contribution in [2.45, 2.75) is 20.8 Å². The van der Waals surface area contributed by atoms with E-state index >= 15 is 0 Å². The molecule has 1 heterocycles. The zero-order valence-corrected chi connectivity index (χ0v) is 16.7. The number of amides is 1. The average Bonchev–Trinajstić information content (AvgIpc) is 2.69. The van der Waals surface area contributed by atoms with Crippen LogP contribution in [0.15, 0.2) is 34.6 Å². The van der Waals surface area contributed by atoms with E-state index in [0.29, 0.717) is 28.7 Å². The van der Waals surface area contributed by atoms with Crippen molar-refractivity contribution >= 4 is 17.3 Å². The molecule has 1 aromatic carbocycles. The summed E-state index contributed by atoms with van der Waals surface area (Å²) in [6, 6.07) is 6.99. The molecule has 1 N–H and O–H groups in total. The van der Waals surface area contributed by atoms with Crippen molar-refractivity contribution in [3.63, 3.8) is 0 Å². The number of hydrogen-bond acceptors (Lipinski definition) is 8. The fourth-order valence-electron chi connectivity index (χ4n) is 2.32. The molecule has 0 atom stereocenters. The quantitative estimate of drug-likeness (QED) is 0.579. The van der Waals surface area contributed by atoms with Gasteiger partial charge in [-0.05, 0) is 32.9 Å². The van der Waals surface area contributed by atoms with Crippen LogP contribution in [-0.4, -0.2) is 48.6 Å². The van der Waals surface area contributed by atoms with Gasteiger partial charge in [0, 0.05) is 18.3 Å². The molecule has 0 unspecified atom stereocenters. The Morgan fingerprint density at radius 1 is 1.07 bits per heavy atom. The van der Waals surface area contributed by atoms with Gasteiger partial charge in [-0.1, -0.05) is 22.4 Å². The zero-order chi connectivity index (χ0) is 20.7. The molecule has 0 radical (unpaired) electrons. The first-order chi connectivity index (χ1) is 13.4. The van der Waals surface area contributed by atoms with Gasteiger partial charge in [-0.15, -0.1) is 0 Å². The number of likely N-dealkylation sites (N-methyl/N-ethyl adjacent to an activating group) is 1. The number of aryl methyl sites for hydroxylation is 1. The Hall–Kier alpha value is -3.49. The number of nitrogens with one attached hydrogen (secondary N) is 1. The van der Waals surface area contributed by atoms with Gasteiger partial charge in [-0.3, -0.25) is 4.79 Å². The van der Waals surface area contributed by atoms with Crippen LogP contribution in [0.2, 0.25) is 0 Å². The second kappa shape index (κ2) is 9.45. The third kappa shape index (κ3) is 4.61. The Morgan fingerprint density at radius 2 is 1.75 bits per heavy atom. The highest BCUT2D eigenvalue weighted by atomic mass is 16.6. The lowest BCUT2D eigenvalue weighted by Crippen LogP contribution is -2.28. The second-order valence-corrected chi connectivity index (χ2v) is 5.72. The molecule has 0 aliphatic rings. The third-order valence-electron chi connectivity index (χ3n) is 3.87. The van der Waals surface area contributed by atoms with Gasteiger partial charge in [0.1, 0.15) is 25.7 Å². The summed E-state index contributed by atoms with van der Waals surface area (Å²) in [5.41, 5.74) is 2.55. The van der Waals surface area contributed by atoms with E-state index in [9.17, 15) is 4.79 Å². The number of nitrogens with zero attached hydrogens (tertiary/aromatic N) is 4. The summed E-state index contributed by atoms with van der Waals surface area (Å²) in [5.74, 6) is 0.719. The number of rotatable bonds is 7. The fourth-order valence-corrected chi connectivity index (χ4v) is 2.32. The Bertz CT molecular complexity index is 925. The van der Waals surface area contributed by atoms with E-state index in [1.54, 1.807) is 31.2 Å². The summed E-state index contributed by atoms with van der Waals surface area (Å²) < 4.78 is 6.05. The van der Waals surface area contributed by atoms with Crippen molar-refractivity contribution in [1.29, 1.82) is 0 Å². The van der Waals surface area contributed by atoms with E-state index in [0.717, 1.165) is 11.3 Å². The number of benzene rings is 1. The molecule has 0 saturated heterocycles. The molecule has 2 aromatic rings. The van der Waals surface area contributed by atoms with Crippen molar-refractivity contribution in [3.05, 3.63) is 46.9 Å². The van der Waals surface area contributed by atoms with Crippen molar-refractivity contribution < 1.29 is 19.2 Å². The van der Waals surface area contributed by atoms with Crippen molar-refractivity contribution in [2.75, 3.05) is 21.3 Å². The minimum atomic E-state index is -0.405. The van der Waals surface area contributed by atoms with Crippen LogP contribution in [0.1, 0.15) is 29.6 Å². The summed E-state index contributed by atoms with van der Waals surface area (Å²) in [4.78, 5) is 30.7. The minimum Gasteiger partial charge on any atom is -0.438 e. The lowest BCUT2D eigenvalue weighted by molar-refractivity contribution is -0.114. The second-order valence-electron chi connectivity index (χ2n) is 5.72. The van der Waals surface area contributed by atoms with E-state index < -0.39 is 5.91 Å². The van der Waals surface area contributed by atoms with Crippen molar-refractivity contribution in [3.8, 4) is 11.6 Å². The van der Waals surface area contributed by atoms with Crippen LogP contribution in [0.3, 0.4) is 0 Å². The van der Waals surface area contributed by atoms with Crippen LogP contribution in [-0.2, 0) is 14.5 Å². The number of carbonyl (C=O) groups is 1. The number of ether oxygens (including phenoxy) is 1. The fraction of sp³-hybridized carbons (Fsp3) is 0.316. The highest BCUT2D eigenvalue weighted by Crippen LogP contribution is 2.28. The summed E-state index contributed by atoms with van der Waals surface area (Å²) in [6.07, 6.45) is 0. The van der Waals surface area contributed by atoms with E-state index in [1.165, 1.54) is 21.3 Å². The van der Waals surface area contributed by atoms with Gasteiger partial charge in [0.15, 0.2) is 11.5 Å². The normalized spacial score (nSPS) is 11.8. The first-order valence-corrected chi connectivity index (χ1v) is 8.46. The molecule has 0 saturated carbocycles. The first-order valence-electron chi connectivity index (χ1n) is 8.46. The molecule has 0 spiro atoms. The molecule has 1 aromatic heterocycles. The maximum atomic E-state index is 12.2. The summed E-state index contributed by atoms with van der Waals surface area (Å²) in [6.45, 7) is 5.44. The topological polar surface area (TPSA) is 107 Å². The van der Waals surface area contributed by atoms with Crippen molar-refractivity contribution in [2.24, 2.45) is 10.3 Å². The number of para-hydroxylation sites is 1. The standard InChI is InChI=1S/C19H23N5O4/c1-11-12(2)21-17(13(3)23-26-5)22-19(11)28-15-10-8-7-9-14(15)16(24-27-6)18(25)20-4/h7-10H,1-6H3,(H,20,25)/b23-13-,24-16+. The molecule has 0 bridgehead atoms. The maximum absolute atomic E-state index is 12.2. The Labute approximate surface area is 163 Å². The van der Waals surface area contributed by atoms with Gasteiger partial charge in [0.05, 0.1) is 5.56 Å². The predicted octanol–water partition coefficient (Wildman–Crippen LogP) is 2.35. The Balaban J connectivity index is 2.54. The molecular formula is C19H23N5O4. The first kappa shape index (κ1) is 20.8. The summed E-state index contributed by atoms with van der Waals surface area (Å²) in [5, 5.41) is 10.2. The van der Waals surface area contributed by atoms with Crippen LogP contribution < -0.4 is 10.1 Å². The van der Waals surface area contributed by atoms with E-state index in [4.69, 9.17) is 14.4 Å². The summed E-state index contributed by atoms with van der Waals surface area (Å²) in [7, 11) is 4.33. The minimum absolute atomic E-state index is 0.0846. The Kier molecular flexibility index (Phi) is 7.02.